The lowest BCUT2D eigenvalue weighted by Crippen LogP contribution is -2.27. The van der Waals surface area contributed by atoms with Crippen LogP contribution < -0.4 is 5.32 Å². The number of hydrogen-bond donors (Lipinski definition) is 3. The van der Waals surface area contributed by atoms with Crippen molar-refractivity contribution in [3.8, 4) is 0 Å². The molecule has 94 valence electrons. The van der Waals surface area contributed by atoms with Crippen LogP contribution in [0.5, 0.6) is 0 Å². The number of carbonyl (C=O) groups excluding carboxylic acids is 1. The van der Waals surface area contributed by atoms with Crippen molar-refractivity contribution in [3.05, 3.63) is 0 Å². The number of carbonyl (C=O) groups is 2. The van der Waals surface area contributed by atoms with Gasteiger partial charge >= 0.3 is 5.97 Å². The number of aliphatic hydroxyl groups is 1. The summed E-state index contributed by atoms with van der Waals surface area (Å²) in [5, 5.41) is 19.9. The maximum absolute atomic E-state index is 11.3. The molecule has 0 rings (SSSR count). The fourth-order valence-corrected chi connectivity index (χ4v) is 1.81. The van der Waals surface area contributed by atoms with Crippen LogP contribution in [0.15, 0.2) is 0 Å². The zero-order valence-corrected chi connectivity index (χ0v) is 10.3. The van der Waals surface area contributed by atoms with Crippen LogP contribution in [0.1, 0.15) is 26.2 Å². The molecular weight excluding hydrogens is 230 g/mol. The summed E-state index contributed by atoms with van der Waals surface area (Å²) in [6.45, 7) is 2.49. The maximum Gasteiger partial charge on any atom is 0.303 e. The molecular formula is C10H19NO4S. The minimum absolute atomic E-state index is 0.0777. The van der Waals surface area contributed by atoms with Gasteiger partial charge < -0.3 is 15.5 Å². The molecule has 16 heavy (non-hydrogen) atoms. The van der Waals surface area contributed by atoms with Gasteiger partial charge in [-0.15, -0.1) is 11.8 Å². The minimum Gasteiger partial charge on any atom is -0.481 e. The third-order valence-corrected chi connectivity index (χ3v) is 3.16. The van der Waals surface area contributed by atoms with Gasteiger partial charge in [0.05, 0.1) is 5.75 Å². The fourth-order valence-electron chi connectivity index (χ4n) is 1.00. The second-order valence-corrected chi connectivity index (χ2v) is 4.91. The summed E-state index contributed by atoms with van der Waals surface area (Å²) in [4.78, 5) is 21.4. The number of aliphatic hydroxyl groups excluding tert-OH is 1. The van der Waals surface area contributed by atoms with Crippen LogP contribution in [-0.4, -0.2) is 46.2 Å². The van der Waals surface area contributed by atoms with Crippen LogP contribution in [-0.2, 0) is 9.59 Å². The van der Waals surface area contributed by atoms with Gasteiger partial charge in [0, 0.05) is 24.8 Å². The third kappa shape index (κ3) is 9.79. The first-order chi connectivity index (χ1) is 7.56. The number of aliphatic carboxylic acids is 1. The molecule has 0 bridgehead atoms. The smallest absolute Gasteiger partial charge is 0.303 e. The molecule has 3 N–H and O–H groups in total. The van der Waals surface area contributed by atoms with E-state index < -0.39 is 5.97 Å². The number of thioether (sulfide) groups is 1. The Bertz CT molecular complexity index is 223. The van der Waals surface area contributed by atoms with Crippen molar-refractivity contribution in [2.45, 2.75) is 31.4 Å². The molecule has 0 aliphatic carbocycles. The Morgan fingerprint density at radius 2 is 2.12 bits per heavy atom. The van der Waals surface area contributed by atoms with Gasteiger partial charge in [-0.25, -0.2) is 0 Å². The maximum atomic E-state index is 11.3. The van der Waals surface area contributed by atoms with Gasteiger partial charge in [0.15, 0.2) is 0 Å². The summed E-state index contributed by atoms with van der Waals surface area (Å²) in [5.41, 5.74) is 0. The molecule has 5 nitrogen and oxygen atoms in total. The van der Waals surface area contributed by atoms with E-state index in [1.165, 1.54) is 11.8 Å². The van der Waals surface area contributed by atoms with Crippen LogP contribution in [0.3, 0.4) is 0 Å². The molecule has 0 aliphatic heterocycles. The number of amides is 1. The summed E-state index contributed by atoms with van der Waals surface area (Å²) in [7, 11) is 0. The fraction of sp³-hybridized carbons (Fsp3) is 0.800. The quantitative estimate of drug-likeness (QED) is 0.517. The first-order valence-electron chi connectivity index (χ1n) is 5.27. The Balaban J connectivity index is 3.41. The highest BCUT2D eigenvalue weighted by atomic mass is 32.2. The lowest BCUT2D eigenvalue weighted by molar-refractivity contribution is -0.137. The van der Waals surface area contributed by atoms with Crippen molar-refractivity contribution < 1.29 is 19.8 Å². The lowest BCUT2D eigenvalue weighted by Gasteiger charge is -2.09. The van der Waals surface area contributed by atoms with E-state index in [2.05, 4.69) is 5.32 Å². The van der Waals surface area contributed by atoms with Crippen molar-refractivity contribution in [1.82, 2.24) is 5.32 Å². The SMILES string of the molecule is CC(CCO)SCC(=O)NCCCC(=O)O. The Morgan fingerprint density at radius 1 is 1.44 bits per heavy atom. The van der Waals surface area contributed by atoms with Gasteiger partial charge in [-0.05, 0) is 12.8 Å². The number of nitrogens with one attached hydrogen (secondary N) is 1. The Labute approximate surface area is 99.6 Å². The van der Waals surface area contributed by atoms with E-state index in [9.17, 15) is 9.59 Å². The van der Waals surface area contributed by atoms with E-state index >= 15 is 0 Å². The van der Waals surface area contributed by atoms with Crippen LogP contribution in [0.2, 0.25) is 0 Å². The highest BCUT2D eigenvalue weighted by Gasteiger charge is 2.06. The van der Waals surface area contributed by atoms with Crippen LogP contribution >= 0.6 is 11.8 Å². The van der Waals surface area contributed by atoms with E-state index in [0.717, 1.165) is 0 Å². The summed E-state index contributed by atoms with van der Waals surface area (Å²) < 4.78 is 0. The summed E-state index contributed by atoms with van der Waals surface area (Å²) >= 11 is 1.49. The highest BCUT2D eigenvalue weighted by molar-refractivity contribution is 8.00. The molecule has 0 spiro atoms. The summed E-state index contributed by atoms with van der Waals surface area (Å²) in [5.74, 6) is -0.575. The van der Waals surface area contributed by atoms with Gasteiger partial charge in [0.25, 0.3) is 0 Å². The highest BCUT2D eigenvalue weighted by Crippen LogP contribution is 2.12. The van der Waals surface area contributed by atoms with Crippen molar-refractivity contribution in [2.24, 2.45) is 0 Å². The van der Waals surface area contributed by atoms with Gasteiger partial charge in [0.2, 0.25) is 5.91 Å². The first kappa shape index (κ1) is 15.2. The number of rotatable bonds is 9. The molecule has 1 atom stereocenters. The molecule has 0 aromatic rings. The normalized spacial score (nSPS) is 12.1. The van der Waals surface area contributed by atoms with E-state index in [0.29, 0.717) is 25.1 Å². The van der Waals surface area contributed by atoms with Crippen LogP contribution in [0.25, 0.3) is 0 Å². The molecule has 1 unspecified atom stereocenters. The van der Waals surface area contributed by atoms with Crippen molar-refractivity contribution >= 4 is 23.6 Å². The lowest BCUT2D eigenvalue weighted by atomic mass is 10.3. The van der Waals surface area contributed by atoms with Crippen LogP contribution in [0, 0.1) is 0 Å². The predicted octanol–water partition coefficient (Wildman–Crippen LogP) is 0.471. The van der Waals surface area contributed by atoms with Gasteiger partial charge in [0.1, 0.15) is 0 Å². The van der Waals surface area contributed by atoms with Crippen molar-refractivity contribution in [2.75, 3.05) is 18.9 Å². The molecule has 0 fully saturated rings. The monoisotopic (exact) mass is 249 g/mol. The number of carboxylic acids is 1. The van der Waals surface area contributed by atoms with E-state index in [1.807, 2.05) is 6.92 Å². The zero-order chi connectivity index (χ0) is 12.4. The molecule has 0 heterocycles. The second-order valence-electron chi connectivity index (χ2n) is 3.48. The van der Waals surface area contributed by atoms with E-state index in [-0.39, 0.29) is 24.2 Å². The second kappa shape index (κ2) is 9.47. The zero-order valence-electron chi connectivity index (χ0n) is 9.44. The van der Waals surface area contributed by atoms with Crippen molar-refractivity contribution in [3.63, 3.8) is 0 Å². The Hall–Kier alpha value is -0.750. The molecule has 0 saturated heterocycles. The van der Waals surface area contributed by atoms with E-state index in [1.54, 1.807) is 0 Å². The number of hydrogen-bond acceptors (Lipinski definition) is 4. The summed E-state index contributed by atoms with van der Waals surface area (Å²) in [6, 6.07) is 0. The van der Waals surface area contributed by atoms with Crippen LogP contribution in [0.4, 0.5) is 0 Å². The van der Waals surface area contributed by atoms with Gasteiger partial charge in [-0.3, -0.25) is 9.59 Å². The largest absolute Gasteiger partial charge is 0.481 e. The average molecular weight is 249 g/mol. The average Bonchev–Trinajstić information content (AvgIpc) is 2.22. The standard InChI is InChI=1S/C10H19NO4S/c1-8(4-6-12)16-7-9(13)11-5-2-3-10(14)15/h8,12H,2-7H2,1H3,(H,11,13)(H,14,15). The molecule has 0 saturated carbocycles. The first-order valence-corrected chi connectivity index (χ1v) is 6.32. The molecule has 0 radical (unpaired) electrons. The molecule has 1 amide bonds. The Kier molecular flexibility index (Phi) is 9.03. The Morgan fingerprint density at radius 3 is 2.69 bits per heavy atom. The third-order valence-electron chi connectivity index (χ3n) is 1.92. The topological polar surface area (TPSA) is 86.6 Å². The molecule has 6 heteroatoms. The predicted molar refractivity (Wildman–Crippen MR) is 63.5 cm³/mol. The van der Waals surface area contributed by atoms with Gasteiger partial charge in [-0.2, -0.15) is 0 Å². The minimum atomic E-state index is -0.847. The molecule has 0 aromatic carbocycles. The molecule has 0 aliphatic rings. The molecule has 0 aromatic heterocycles. The number of carboxylic acid groups (broad SMARTS) is 1. The van der Waals surface area contributed by atoms with Crippen molar-refractivity contribution in [1.29, 1.82) is 0 Å². The summed E-state index contributed by atoms with van der Waals surface area (Å²) in [6.07, 6.45) is 1.21. The van der Waals surface area contributed by atoms with Gasteiger partial charge in [-0.1, -0.05) is 6.92 Å². The van der Waals surface area contributed by atoms with E-state index in [4.69, 9.17) is 10.2 Å².